The second-order valence-electron chi connectivity index (χ2n) is 4.81. The fraction of sp³-hybridized carbons (Fsp3) is 0.188. The summed E-state index contributed by atoms with van der Waals surface area (Å²) in [5, 5.41) is 15.3. The highest BCUT2D eigenvalue weighted by atomic mass is 16.4. The molecule has 4 heteroatoms. The van der Waals surface area contributed by atoms with E-state index in [0.29, 0.717) is 6.54 Å². The lowest BCUT2D eigenvalue weighted by Gasteiger charge is -2.12. The van der Waals surface area contributed by atoms with Crippen molar-refractivity contribution in [2.24, 2.45) is 10.9 Å². The Bertz CT molecular complexity index is 635. The molecule has 2 rings (SSSR count). The highest BCUT2D eigenvalue weighted by Crippen LogP contribution is 2.18. The van der Waals surface area contributed by atoms with Gasteiger partial charge in [-0.05, 0) is 31.0 Å². The van der Waals surface area contributed by atoms with E-state index < -0.39 is 0 Å². The van der Waals surface area contributed by atoms with Crippen LogP contribution < -0.4 is 11.1 Å². The number of anilines is 1. The van der Waals surface area contributed by atoms with Gasteiger partial charge in [-0.15, -0.1) is 0 Å². The van der Waals surface area contributed by atoms with Crippen LogP contribution in [0.15, 0.2) is 47.6 Å². The summed E-state index contributed by atoms with van der Waals surface area (Å²) in [5.74, 6) is 0.128. The topological polar surface area (TPSA) is 70.6 Å². The maximum absolute atomic E-state index is 8.82. The molecule has 0 aliphatic heterocycles. The zero-order valence-corrected chi connectivity index (χ0v) is 11.7. The number of hydrogen-bond acceptors (Lipinski definition) is 3. The van der Waals surface area contributed by atoms with Crippen LogP contribution >= 0.6 is 0 Å². The van der Waals surface area contributed by atoms with E-state index in [9.17, 15) is 0 Å². The van der Waals surface area contributed by atoms with Crippen LogP contribution in [0.3, 0.4) is 0 Å². The summed E-state index contributed by atoms with van der Waals surface area (Å²) < 4.78 is 0. The van der Waals surface area contributed by atoms with Gasteiger partial charge < -0.3 is 16.3 Å². The number of oxime groups is 1. The first-order valence-corrected chi connectivity index (χ1v) is 6.48. The summed E-state index contributed by atoms with van der Waals surface area (Å²) >= 11 is 0. The quantitative estimate of drug-likeness (QED) is 0.346. The highest BCUT2D eigenvalue weighted by Gasteiger charge is 2.06. The maximum Gasteiger partial charge on any atom is 0.170 e. The molecule has 0 radical (unpaired) electrons. The molecule has 0 bridgehead atoms. The number of nitrogens with one attached hydrogen (secondary N) is 1. The lowest BCUT2D eigenvalue weighted by molar-refractivity contribution is 0.318. The van der Waals surface area contributed by atoms with Crippen LogP contribution in [-0.4, -0.2) is 11.0 Å². The molecule has 0 unspecified atom stereocenters. The summed E-state index contributed by atoms with van der Waals surface area (Å²) in [6.07, 6.45) is 0. The second kappa shape index (κ2) is 6.10. The fourth-order valence-corrected chi connectivity index (χ4v) is 2.18. The van der Waals surface area contributed by atoms with Gasteiger partial charge in [0.1, 0.15) is 0 Å². The van der Waals surface area contributed by atoms with Gasteiger partial charge in [-0.25, -0.2) is 0 Å². The monoisotopic (exact) mass is 269 g/mol. The Hall–Kier alpha value is -2.49. The van der Waals surface area contributed by atoms with Crippen LogP contribution in [0.1, 0.15) is 22.3 Å². The molecule has 0 atom stereocenters. The Labute approximate surface area is 118 Å². The minimum absolute atomic E-state index is 0.128. The molecule has 0 heterocycles. The van der Waals surface area contributed by atoms with Gasteiger partial charge in [-0.2, -0.15) is 0 Å². The predicted octanol–water partition coefficient (Wildman–Crippen LogP) is 3.01. The Morgan fingerprint density at radius 2 is 1.95 bits per heavy atom. The van der Waals surface area contributed by atoms with Crippen LogP contribution in [-0.2, 0) is 6.54 Å². The fourth-order valence-electron chi connectivity index (χ4n) is 2.18. The molecular weight excluding hydrogens is 250 g/mol. The van der Waals surface area contributed by atoms with Gasteiger partial charge in [-0.3, -0.25) is 0 Å². The maximum atomic E-state index is 8.82. The van der Waals surface area contributed by atoms with Crippen LogP contribution in [0, 0.1) is 13.8 Å². The Balaban J connectivity index is 2.19. The predicted molar refractivity (Wildman–Crippen MR) is 82.2 cm³/mol. The molecule has 2 aromatic carbocycles. The molecule has 20 heavy (non-hydrogen) atoms. The number of nitrogens with two attached hydrogens (primary N) is 1. The van der Waals surface area contributed by atoms with Crippen LogP contribution in [0.4, 0.5) is 5.69 Å². The molecule has 4 N–H and O–H groups in total. The van der Waals surface area contributed by atoms with Crippen LogP contribution in [0.5, 0.6) is 0 Å². The minimum atomic E-state index is 0.128. The molecule has 0 fully saturated rings. The third-order valence-corrected chi connectivity index (χ3v) is 3.25. The average molecular weight is 269 g/mol. The van der Waals surface area contributed by atoms with Gasteiger partial charge in [-0.1, -0.05) is 47.1 Å². The third-order valence-electron chi connectivity index (χ3n) is 3.25. The third kappa shape index (κ3) is 3.09. The van der Waals surface area contributed by atoms with E-state index in [-0.39, 0.29) is 5.84 Å². The van der Waals surface area contributed by atoms with Gasteiger partial charge in [0.05, 0.1) is 0 Å². The Morgan fingerprint density at radius 3 is 2.65 bits per heavy atom. The van der Waals surface area contributed by atoms with Gasteiger partial charge in [0.25, 0.3) is 0 Å². The lowest BCUT2D eigenvalue weighted by atomic mass is 10.1. The minimum Gasteiger partial charge on any atom is -0.409 e. The Morgan fingerprint density at radius 1 is 1.20 bits per heavy atom. The summed E-state index contributed by atoms with van der Waals surface area (Å²) in [7, 11) is 0. The van der Waals surface area contributed by atoms with Gasteiger partial charge in [0.15, 0.2) is 5.84 Å². The molecule has 0 saturated heterocycles. The number of benzene rings is 2. The molecule has 2 aromatic rings. The van der Waals surface area contributed by atoms with E-state index in [1.54, 1.807) is 0 Å². The van der Waals surface area contributed by atoms with Gasteiger partial charge in [0, 0.05) is 17.8 Å². The average Bonchev–Trinajstić information content (AvgIpc) is 2.46. The molecule has 0 aliphatic rings. The van der Waals surface area contributed by atoms with Crippen molar-refractivity contribution < 1.29 is 5.21 Å². The number of hydrogen-bond donors (Lipinski definition) is 3. The lowest BCUT2D eigenvalue weighted by Crippen LogP contribution is -2.16. The number of aryl methyl sites for hydroxylation is 2. The molecule has 0 spiro atoms. The zero-order chi connectivity index (χ0) is 14.5. The van der Waals surface area contributed by atoms with Crippen molar-refractivity contribution >= 4 is 11.5 Å². The standard InChI is InChI=1S/C16H19N3O/c1-11-7-8-15(12(2)9-11)18-10-13-5-3-4-6-14(13)16(17)19-20/h3-9,18,20H,10H2,1-2H3,(H2,17,19). The number of rotatable bonds is 4. The normalized spacial score (nSPS) is 11.4. The van der Waals surface area contributed by atoms with Crippen molar-refractivity contribution in [1.82, 2.24) is 0 Å². The van der Waals surface area contributed by atoms with E-state index in [2.05, 4.69) is 42.5 Å². The van der Waals surface area contributed by atoms with Crippen molar-refractivity contribution in [3.8, 4) is 0 Å². The van der Waals surface area contributed by atoms with Gasteiger partial charge >= 0.3 is 0 Å². The van der Waals surface area contributed by atoms with Crippen molar-refractivity contribution in [1.29, 1.82) is 0 Å². The second-order valence-corrected chi connectivity index (χ2v) is 4.81. The van der Waals surface area contributed by atoms with E-state index in [1.165, 1.54) is 11.1 Å². The summed E-state index contributed by atoms with van der Waals surface area (Å²) in [6.45, 7) is 4.77. The summed E-state index contributed by atoms with van der Waals surface area (Å²) in [4.78, 5) is 0. The number of nitrogens with zero attached hydrogens (tertiary/aromatic N) is 1. The molecular formula is C16H19N3O. The van der Waals surface area contributed by atoms with Gasteiger partial charge in [0.2, 0.25) is 0 Å². The molecule has 4 nitrogen and oxygen atoms in total. The van der Waals surface area contributed by atoms with E-state index in [1.807, 2.05) is 24.3 Å². The first-order chi connectivity index (χ1) is 9.61. The Kier molecular flexibility index (Phi) is 4.25. The summed E-state index contributed by atoms with van der Waals surface area (Å²) in [6, 6.07) is 13.9. The summed E-state index contributed by atoms with van der Waals surface area (Å²) in [5.41, 5.74) is 10.9. The molecule has 0 amide bonds. The molecule has 0 aromatic heterocycles. The highest BCUT2D eigenvalue weighted by molar-refractivity contribution is 5.98. The van der Waals surface area contributed by atoms with Crippen molar-refractivity contribution in [3.63, 3.8) is 0 Å². The van der Waals surface area contributed by atoms with E-state index in [0.717, 1.165) is 16.8 Å². The largest absolute Gasteiger partial charge is 0.409 e. The van der Waals surface area contributed by atoms with Crippen LogP contribution in [0.25, 0.3) is 0 Å². The zero-order valence-electron chi connectivity index (χ0n) is 11.7. The van der Waals surface area contributed by atoms with Crippen molar-refractivity contribution in [2.75, 3.05) is 5.32 Å². The smallest absolute Gasteiger partial charge is 0.170 e. The number of amidine groups is 1. The first kappa shape index (κ1) is 13.9. The van der Waals surface area contributed by atoms with Crippen LogP contribution in [0.2, 0.25) is 0 Å². The first-order valence-electron chi connectivity index (χ1n) is 6.48. The van der Waals surface area contributed by atoms with Crippen molar-refractivity contribution in [3.05, 3.63) is 64.7 Å². The van der Waals surface area contributed by atoms with E-state index in [4.69, 9.17) is 10.9 Å². The molecule has 0 aliphatic carbocycles. The SMILES string of the molecule is Cc1ccc(NCc2ccccc2C(N)=NO)c(C)c1. The molecule has 0 saturated carbocycles. The van der Waals surface area contributed by atoms with Crippen molar-refractivity contribution in [2.45, 2.75) is 20.4 Å². The van der Waals surface area contributed by atoms with E-state index >= 15 is 0 Å². The molecule has 104 valence electrons.